The summed E-state index contributed by atoms with van der Waals surface area (Å²) >= 11 is 1.67. The molecule has 19 heavy (non-hydrogen) atoms. The number of hydrogen-bond acceptors (Lipinski definition) is 3. The van der Waals surface area contributed by atoms with Crippen LogP contribution in [-0.2, 0) is 0 Å². The molecule has 0 aliphatic heterocycles. The average Bonchev–Trinajstić information content (AvgIpc) is 2.46. The van der Waals surface area contributed by atoms with Crippen LogP contribution in [0.5, 0.6) is 0 Å². The molecule has 1 aliphatic carbocycles. The van der Waals surface area contributed by atoms with E-state index in [0.717, 1.165) is 36.1 Å². The summed E-state index contributed by atoms with van der Waals surface area (Å²) in [6.07, 6.45) is 5.85. The van der Waals surface area contributed by atoms with Crippen molar-refractivity contribution >= 4 is 11.8 Å². The van der Waals surface area contributed by atoms with Crippen LogP contribution in [0.15, 0.2) is 29.2 Å². The monoisotopic (exact) mass is 276 g/mol. The van der Waals surface area contributed by atoms with Gasteiger partial charge < -0.3 is 10.2 Å². The van der Waals surface area contributed by atoms with Crippen molar-refractivity contribution in [3.05, 3.63) is 29.8 Å². The second-order valence-electron chi connectivity index (χ2n) is 5.04. The summed E-state index contributed by atoms with van der Waals surface area (Å²) < 4.78 is 0. The Bertz CT molecular complexity index is 464. The smallest absolute Gasteiger partial charge is 0.140 e. The molecule has 2 rings (SSSR count). The maximum absolute atomic E-state index is 10.3. The van der Waals surface area contributed by atoms with Crippen LogP contribution in [0, 0.1) is 11.8 Å². The molecule has 1 fully saturated rings. The number of aliphatic hydroxyl groups excluding tert-OH is 1. The Balaban J connectivity index is 2.05. The predicted molar refractivity (Wildman–Crippen MR) is 79.0 cm³/mol. The fourth-order valence-corrected chi connectivity index (χ4v) is 2.74. The minimum absolute atomic E-state index is 0.720. The zero-order valence-corrected chi connectivity index (χ0v) is 12.0. The lowest BCUT2D eigenvalue weighted by atomic mass is 9.85. The van der Waals surface area contributed by atoms with Gasteiger partial charge in [0.05, 0.1) is 0 Å². The highest BCUT2D eigenvalue weighted by Crippen LogP contribution is 2.27. The van der Waals surface area contributed by atoms with E-state index in [1.165, 1.54) is 6.42 Å². The second-order valence-corrected chi connectivity index (χ2v) is 5.92. The first-order valence-electron chi connectivity index (χ1n) is 6.70. The zero-order chi connectivity index (χ0) is 13.7. The molecule has 0 radical (unpaired) electrons. The number of hydrogen-bond donors (Lipinski definition) is 2. The van der Waals surface area contributed by atoms with Crippen LogP contribution in [0.3, 0.4) is 0 Å². The van der Waals surface area contributed by atoms with Crippen molar-refractivity contribution in [3.8, 4) is 11.8 Å². The normalized spacial score (nSPS) is 19.3. The van der Waals surface area contributed by atoms with E-state index in [-0.39, 0.29) is 0 Å². The standard InChI is InChI=1S/C16H20O2S/c1-19-14-7-5-13(6-8-14)15(17)9-12-16(18)10-3-2-4-11-16/h5-8,15,17-18H,2-4,10-11H2,1H3/t15-/m0/s1. The van der Waals surface area contributed by atoms with Gasteiger partial charge in [0, 0.05) is 4.90 Å². The molecule has 1 aliphatic rings. The Kier molecular flexibility index (Phi) is 4.93. The van der Waals surface area contributed by atoms with E-state index in [9.17, 15) is 10.2 Å². The van der Waals surface area contributed by atoms with Crippen LogP contribution in [-0.4, -0.2) is 22.1 Å². The molecule has 0 unspecified atom stereocenters. The van der Waals surface area contributed by atoms with Crippen molar-refractivity contribution in [1.82, 2.24) is 0 Å². The van der Waals surface area contributed by atoms with Crippen LogP contribution >= 0.6 is 11.8 Å². The van der Waals surface area contributed by atoms with Crippen molar-refractivity contribution in [1.29, 1.82) is 0 Å². The molecular formula is C16H20O2S. The first kappa shape index (κ1) is 14.5. The van der Waals surface area contributed by atoms with Crippen molar-refractivity contribution < 1.29 is 10.2 Å². The Labute approximate surface area is 119 Å². The Hall–Kier alpha value is -0.950. The number of thioether (sulfide) groups is 1. The van der Waals surface area contributed by atoms with Crippen molar-refractivity contribution in [3.63, 3.8) is 0 Å². The first-order chi connectivity index (χ1) is 9.13. The third kappa shape index (κ3) is 4.01. The quantitative estimate of drug-likeness (QED) is 0.644. The van der Waals surface area contributed by atoms with E-state index in [2.05, 4.69) is 11.8 Å². The molecule has 0 spiro atoms. The third-order valence-corrected chi connectivity index (χ3v) is 4.30. The van der Waals surface area contributed by atoms with E-state index in [1.807, 2.05) is 30.5 Å². The van der Waals surface area contributed by atoms with Gasteiger partial charge in [-0.25, -0.2) is 0 Å². The summed E-state index contributed by atoms with van der Waals surface area (Å²) in [5.41, 5.74) is -0.108. The topological polar surface area (TPSA) is 40.5 Å². The first-order valence-corrected chi connectivity index (χ1v) is 7.92. The van der Waals surface area contributed by atoms with Gasteiger partial charge >= 0.3 is 0 Å². The average molecular weight is 276 g/mol. The van der Waals surface area contributed by atoms with Crippen LogP contribution in [0.25, 0.3) is 0 Å². The van der Waals surface area contributed by atoms with Gasteiger partial charge in [0.15, 0.2) is 0 Å². The molecule has 102 valence electrons. The highest BCUT2D eigenvalue weighted by molar-refractivity contribution is 7.98. The molecule has 3 heteroatoms. The van der Waals surface area contributed by atoms with Gasteiger partial charge in [0.25, 0.3) is 0 Å². The fraction of sp³-hybridized carbons (Fsp3) is 0.500. The predicted octanol–water partition coefficient (Wildman–Crippen LogP) is 3.14. The van der Waals surface area contributed by atoms with E-state index < -0.39 is 11.7 Å². The number of aliphatic hydroxyl groups is 2. The molecule has 0 heterocycles. The molecule has 2 N–H and O–H groups in total. The minimum atomic E-state index is -0.890. The van der Waals surface area contributed by atoms with Crippen molar-refractivity contribution in [2.45, 2.75) is 48.7 Å². The highest BCUT2D eigenvalue weighted by Gasteiger charge is 2.26. The lowest BCUT2D eigenvalue weighted by Crippen LogP contribution is -2.29. The molecule has 0 saturated heterocycles. The minimum Gasteiger partial charge on any atom is -0.378 e. The van der Waals surface area contributed by atoms with Gasteiger partial charge in [0.1, 0.15) is 11.7 Å². The molecule has 1 saturated carbocycles. The molecule has 0 aromatic heterocycles. The summed E-state index contributed by atoms with van der Waals surface area (Å²) in [7, 11) is 0. The van der Waals surface area contributed by atoms with E-state index in [0.29, 0.717) is 0 Å². The van der Waals surface area contributed by atoms with Crippen molar-refractivity contribution in [2.24, 2.45) is 0 Å². The Morgan fingerprint density at radius 2 is 1.79 bits per heavy atom. The largest absolute Gasteiger partial charge is 0.378 e. The van der Waals surface area contributed by atoms with E-state index in [4.69, 9.17) is 0 Å². The van der Waals surface area contributed by atoms with E-state index >= 15 is 0 Å². The molecule has 2 nitrogen and oxygen atoms in total. The molecule has 0 bridgehead atoms. The Morgan fingerprint density at radius 1 is 1.16 bits per heavy atom. The lowest BCUT2D eigenvalue weighted by Gasteiger charge is -2.26. The second kappa shape index (κ2) is 6.47. The molecule has 1 aromatic rings. The molecule has 0 amide bonds. The van der Waals surface area contributed by atoms with Gasteiger partial charge in [0.2, 0.25) is 0 Å². The van der Waals surface area contributed by atoms with Gasteiger partial charge in [-0.15, -0.1) is 11.8 Å². The zero-order valence-electron chi connectivity index (χ0n) is 11.2. The van der Waals surface area contributed by atoms with Gasteiger partial charge in [-0.2, -0.15) is 0 Å². The van der Waals surface area contributed by atoms with Gasteiger partial charge in [-0.3, -0.25) is 0 Å². The van der Waals surface area contributed by atoms with E-state index in [1.54, 1.807) is 11.8 Å². The summed E-state index contributed by atoms with van der Waals surface area (Å²) in [6.45, 7) is 0. The SMILES string of the molecule is CSc1ccc([C@@H](O)C#CC2(O)CCCCC2)cc1. The maximum Gasteiger partial charge on any atom is 0.140 e. The van der Waals surface area contributed by atoms with Crippen LogP contribution in [0.4, 0.5) is 0 Å². The van der Waals surface area contributed by atoms with Gasteiger partial charge in [-0.05, 0) is 49.6 Å². The van der Waals surface area contributed by atoms with Crippen LogP contribution in [0.2, 0.25) is 0 Å². The number of rotatable bonds is 2. The number of benzene rings is 1. The maximum atomic E-state index is 10.3. The van der Waals surface area contributed by atoms with Gasteiger partial charge in [-0.1, -0.05) is 30.4 Å². The summed E-state index contributed by atoms with van der Waals surface area (Å²) in [5, 5.41) is 20.3. The summed E-state index contributed by atoms with van der Waals surface area (Å²) in [6, 6.07) is 7.71. The highest BCUT2D eigenvalue weighted by atomic mass is 32.2. The lowest BCUT2D eigenvalue weighted by molar-refractivity contribution is 0.0604. The van der Waals surface area contributed by atoms with Crippen LogP contribution in [0.1, 0.15) is 43.8 Å². The summed E-state index contributed by atoms with van der Waals surface area (Å²) in [4.78, 5) is 1.16. The Morgan fingerprint density at radius 3 is 2.37 bits per heavy atom. The molecule has 1 atom stereocenters. The fourth-order valence-electron chi connectivity index (χ4n) is 2.33. The molecule has 1 aromatic carbocycles. The molecular weight excluding hydrogens is 256 g/mol. The summed E-state index contributed by atoms with van der Waals surface area (Å²) in [5.74, 6) is 5.67. The third-order valence-electron chi connectivity index (χ3n) is 3.55. The van der Waals surface area contributed by atoms with Crippen molar-refractivity contribution in [2.75, 3.05) is 6.26 Å². The van der Waals surface area contributed by atoms with Crippen LogP contribution < -0.4 is 0 Å².